The Hall–Kier alpha value is -2.75. The number of hydrogen-bond donors (Lipinski definition) is 3. The summed E-state index contributed by atoms with van der Waals surface area (Å²) in [6.07, 6.45) is 14.3. The highest BCUT2D eigenvalue weighted by Crippen LogP contribution is 2.38. The molecule has 2 heterocycles. The number of ether oxygens (including phenoxy) is 1. The molecule has 4 atom stereocenters. The molecule has 8 nitrogen and oxygen atoms in total. The molecule has 4 unspecified atom stereocenters. The molecular formula is C35H56FN3O5. The quantitative estimate of drug-likeness (QED) is 0.121. The van der Waals surface area contributed by atoms with Crippen LogP contribution in [0.4, 0.5) is 10.1 Å². The number of likely N-dealkylation sites (tertiary alicyclic amines) is 1. The molecule has 2 fully saturated rings. The van der Waals surface area contributed by atoms with Crippen LogP contribution in [-0.2, 0) is 14.3 Å². The average molecular weight is 618 g/mol. The van der Waals surface area contributed by atoms with Gasteiger partial charge in [0.1, 0.15) is 18.0 Å². The SMILES string of the molecule is C=CC(CC)CCCC(N)CF.Cc1cc2cc(NC(=O)C3C(C4CCCCC4)CCN3C)ccc2o1.O=COCCCO. The van der Waals surface area contributed by atoms with E-state index in [0.29, 0.717) is 37.3 Å². The Morgan fingerprint density at radius 2 is 1.98 bits per heavy atom. The van der Waals surface area contributed by atoms with Crippen molar-refractivity contribution in [3.8, 4) is 0 Å². The number of likely N-dealkylation sites (N-methyl/N-ethyl adjacent to an activating group) is 1. The highest BCUT2D eigenvalue weighted by molar-refractivity contribution is 5.97. The molecule has 1 saturated heterocycles. The zero-order chi connectivity index (χ0) is 32.3. The van der Waals surface area contributed by atoms with Gasteiger partial charge in [-0.2, -0.15) is 0 Å². The number of aryl methyl sites for hydroxylation is 1. The third kappa shape index (κ3) is 12.7. The molecular weight excluding hydrogens is 561 g/mol. The lowest BCUT2D eigenvalue weighted by Gasteiger charge is -2.32. The summed E-state index contributed by atoms with van der Waals surface area (Å²) >= 11 is 0. The Morgan fingerprint density at radius 3 is 2.61 bits per heavy atom. The number of amides is 1. The van der Waals surface area contributed by atoms with Crippen LogP contribution in [0.15, 0.2) is 41.3 Å². The minimum atomic E-state index is -0.398. The fourth-order valence-electron chi connectivity index (χ4n) is 6.30. The second kappa shape index (κ2) is 21.1. The number of nitrogens with zero attached hydrogens (tertiary/aromatic N) is 1. The zero-order valence-corrected chi connectivity index (χ0v) is 27.1. The molecule has 0 radical (unpaired) electrons. The van der Waals surface area contributed by atoms with Crippen LogP contribution >= 0.6 is 0 Å². The molecule has 1 amide bonds. The van der Waals surface area contributed by atoms with Crippen molar-refractivity contribution >= 4 is 29.0 Å². The molecule has 1 aromatic carbocycles. The lowest BCUT2D eigenvalue weighted by molar-refractivity contribution is -0.129. The van der Waals surface area contributed by atoms with Crippen molar-refractivity contribution in [3.05, 3.63) is 42.7 Å². The van der Waals surface area contributed by atoms with Crippen LogP contribution in [0.3, 0.4) is 0 Å². The molecule has 4 rings (SSSR count). The van der Waals surface area contributed by atoms with Gasteiger partial charge >= 0.3 is 0 Å². The van der Waals surface area contributed by atoms with E-state index in [0.717, 1.165) is 61.1 Å². The minimum Gasteiger partial charge on any atom is -0.468 e. The summed E-state index contributed by atoms with van der Waals surface area (Å²) in [5.74, 6) is 2.84. The highest BCUT2D eigenvalue weighted by Gasteiger charge is 2.41. The van der Waals surface area contributed by atoms with Crippen LogP contribution in [0.1, 0.15) is 83.3 Å². The van der Waals surface area contributed by atoms with E-state index < -0.39 is 6.67 Å². The molecule has 248 valence electrons. The van der Waals surface area contributed by atoms with Gasteiger partial charge in [0.25, 0.3) is 6.47 Å². The van der Waals surface area contributed by atoms with E-state index in [-0.39, 0.29) is 24.6 Å². The molecule has 0 spiro atoms. The number of anilines is 1. The topological polar surface area (TPSA) is 118 Å². The van der Waals surface area contributed by atoms with Gasteiger partial charge in [-0.15, -0.1) is 6.58 Å². The van der Waals surface area contributed by atoms with Gasteiger partial charge in [-0.05, 0) is 88.2 Å². The largest absolute Gasteiger partial charge is 0.468 e. The first-order chi connectivity index (χ1) is 21.3. The van der Waals surface area contributed by atoms with Crippen molar-refractivity contribution in [1.82, 2.24) is 4.90 Å². The lowest BCUT2D eigenvalue weighted by Crippen LogP contribution is -2.43. The number of aliphatic hydroxyl groups excluding tert-OH is 1. The van der Waals surface area contributed by atoms with Gasteiger partial charge in [0.15, 0.2) is 0 Å². The molecule has 0 bridgehead atoms. The van der Waals surface area contributed by atoms with E-state index in [9.17, 15) is 14.0 Å². The van der Waals surface area contributed by atoms with E-state index in [1.165, 1.54) is 32.1 Å². The first kappa shape index (κ1) is 37.4. The molecule has 1 saturated carbocycles. The molecule has 4 N–H and O–H groups in total. The third-order valence-corrected chi connectivity index (χ3v) is 8.82. The summed E-state index contributed by atoms with van der Waals surface area (Å²) in [4.78, 5) is 24.7. The molecule has 2 aliphatic rings. The predicted octanol–water partition coefficient (Wildman–Crippen LogP) is 6.79. The first-order valence-corrected chi connectivity index (χ1v) is 16.4. The normalized spacial score (nSPS) is 20.0. The summed E-state index contributed by atoms with van der Waals surface area (Å²) in [5.41, 5.74) is 7.17. The van der Waals surface area contributed by atoms with Crippen molar-refractivity contribution in [1.29, 1.82) is 0 Å². The van der Waals surface area contributed by atoms with E-state index in [2.05, 4.69) is 35.5 Å². The summed E-state index contributed by atoms with van der Waals surface area (Å²) in [6.45, 7) is 9.23. The number of hydrogen-bond acceptors (Lipinski definition) is 7. The van der Waals surface area contributed by atoms with Crippen molar-refractivity contribution in [3.63, 3.8) is 0 Å². The Labute approximate surface area is 263 Å². The number of aliphatic hydroxyl groups is 1. The standard InChI is InChI=1S/C21H28N2O2.C10H20FN.C4H8O3/c1-14-12-16-13-17(8-9-19(16)25-14)22-21(24)20-18(10-11-23(20)2)15-6-4-3-5-7-15;1-3-9(4-2)6-5-7-10(12)8-11;5-2-1-3-7-4-6/h8-9,12-13,15,18,20H,3-7,10-11H2,1-2H3,(H,22,24);3,9-10H,1,4-8,12H2,2H3;4-5H,1-3H2. The Morgan fingerprint density at radius 1 is 1.23 bits per heavy atom. The number of nitrogens with two attached hydrogens (primary N) is 1. The van der Waals surface area contributed by atoms with Gasteiger partial charge in [-0.3, -0.25) is 14.5 Å². The molecule has 44 heavy (non-hydrogen) atoms. The second-order valence-corrected chi connectivity index (χ2v) is 12.2. The highest BCUT2D eigenvalue weighted by atomic mass is 19.1. The van der Waals surface area contributed by atoms with Crippen LogP contribution in [-0.4, -0.2) is 68.0 Å². The Kier molecular flexibility index (Phi) is 17.9. The van der Waals surface area contributed by atoms with Crippen LogP contribution < -0.4 is 11.1 Å². The number of nitrogens with one attached hydrogen (secondary N) is 1. The maximum Gasteiger partial charge on any atom is 0.293 e. The van der Waals surface area contributed by atoms with Gasteiger partial charge in [-0.1, -0.05) is 51.5 Å². The van der Waals surface area contributed by atoms with Gasteiger partial charge in [0.05, 0.1) is 12.6 Å². The number of allylic oxidation sites excluding steroid dienone is 1. The number of alkyl halides is 1. The van der Waals surface area contributed by atoms with Gasteiger partial charge < -0.3 is 25.3 Å². The summed E-state index contributed by atoms with van der Waals surface area (Å²) in [7, 11) is 2.09. The predicted molar refractivity (Wildman–Crippen MR) is 176 cm³/mol. The van der Waals surface area contributed by atoms with Crippen LogP contribution in [0, 0.1) is 24.7 Å². The van der Waals surface area contributed by atoms with Gasteiger partial charge in [0, 0.05) is 30.1 Å². The number of halogens is 1. The zero-order valence-electron chi connectivity index (χ0n) is 27.1. The number of rotatable bonds is 14. The average Bonchev–Trinajstić information content (AvgIpc) is 3.61. The third-order valence-electron chi connectivity index (χ3n) is 8.82. The fourth-order valence-corrected chi connectivity index (χ4v) is 6.30. The van der Waals surface area contributed by atoms with Crippen molar-refractivity contribution < 1.29 is 28.2 Å². The van der Waals surface area contributed by atoms with Crippen LogP contribution in [0.2, 0.25) is 0 Å². The number of benzene rings is 1. The van der Waals surface area contributed by atoms with Crippen molar-refractivity contribution in [2.24, 2.45) is 23.5 Å². The number of furan rings is 1. The monoisotopic (exact) mass is 617 g/mol. The molecule has 1 aromatic heterocycles. The smallest absolute Gasteiger partial charge is 0.293 e. The van der Waals surface area contributed by atoms with Crippen molar-refractivity contribution in [2.75, 3.05) is 38.8 Å². The molecule has 1 aliphatic heterocycles. The Bertz CT molecular complexity index is 1100. The number of fused-ring (bicyclic) bond motifs is 1. The van der Waals surface area contributed by atoms with Crippen molar-refractivity contribution in [2.45, 2.75) is 96.6 Å². The van der Waals surface area contributed by atoms with Gasteiger partial charge in [0.2, 0.25) is 5.91 Å². The summed E-state index contributed by atoms with van der Waals surface area (Å²) in [5, 5.41) is 12.3. The Balaban J connectivity index is 0.000000297. The van der Waals surface area contributed by atoms with E-state index in [1.807, 2.05) is 37.3 Å². The maximum absolute atomic E-state index is 13.0. The second-order valence-electron chi connectivity index (χ2n) is 12.2. The number of carbonyl (C=O) groups excluding carboxylic acids is 2. The first-order valence-electron chi connectivity index (χ1n) is 16.4. The van der Waals surface area contributed by atoms with Crippen LogP contribution in [0.25, 0.3) is 11.0 Å². The molecule has 1 aliphatic carbocycles. The van der Waals surface area contributed by atoms with E-state index in [1.54, 1.807) is 0 Å². The molecule has 2 aromatic rings. The fraction of sp³-hybridized carbons (Fsp3) is 0.657. The minimum absolute atomic E-state index is 0.00452. The molecule has 9 heteroatoms. The van der Waals surface area contributed by atoms with E-state index in [4.69, 9.17) is 15.3 Å². The van der Waals surface area contributed by atoms with E-state index >= 15 is 0 Å². The maximum atomic E-state index is 13.0. The lowest BCUT2D eigenvalue weighted by atomic mass is 9.76. The van der Waals surface area contributed by atoms with Gasteiger partial charge in [-0.25, -0.2) is 4.39 Å². The summed E-state index contributed by atoms with van der Waals surface area (Å²) < 4.78 is 21.8. The number of carbonyl (C=O) groups is 2. The van der Waals surface area contributed by atoms with Crippen LogP contribution in [0.5, 0.6) is 0 Å². The summed E-state index contributed by atoms with van der Waals surface area (Å²) in [6, 6.07) is 7.64.